The lowest BCUT2D eigenvalue weighted by atomic mass is 9.85. The highest BCUT2D eigenvalue weighted by molar-refractivity contribution is 8.00. The molecule has 15 atom stereocenters. The van der Waals surface area contributed by atoms with Crippen LogP contribution in [-0.2, 0) is 47.4 Å². The number of carbonyl (C=O) groups excluding carboxylic acids is 7. The topological polar surface area (TPSA) is 353 Å². The van der Waals surface area contributed by atoms with Crippen LogP contribution in [0, 0.1) is 11.8 Å². The normalized spacial score (nSPS) is 29.5. The van der Waals surface area contributed by atoms with E-state index in [1.54, 1.807) is 26.0 Å². The van der Waals surface area contributed by atoms with Gasteiger partial charge in [0.1, 0.15) is 6.10 Å². The fraction of sp³-hybridized carbons (Fsp3) is 0.637. The molecular weight excluding hydrogens is 1680 g/mol. The number of Topliss-reactive ketones (excluding diaryl/α,β-unsaturated/α-hetero) is 1. The lowest BCUT2D eigenvalue weighted by Crippen LogP contribution is -2.67. The minimum atomic E-state index is -2.65. The number of rotatable bonds is 32. The molecule has 34 heteroatoms. The number of thioether (sulfide) groups is 4. The number of fused-ring (bicyclic) bond motifs is 6. The van der Waals surface area contributed by atoms with Gasteiger partial charge >= 0.3 is 6.09 Å². The van der Waals surface area contributed by atoms with E-state index in [4.69, 9.17) is 44.3 Å². The zero-order valence-corrected chi connectivity index (χ0v) is 78.6. The predicted molar refractivity (Wildman–Crippen MR) is 503 cm³/mol. The number of amides is 5. The van der Waals surface area contributed by atoms with Gasteiger partial charge in [-0.15, -0.1) is 11.8 Å². The summed E-state index contributed by atoms with van der Waals surface area (Å²) < 4.78 is 24.3. The van der Waals surface area contributed by atoms with Gasteiger partial charge in [-0.3, -0.25) is 33.7 Å². The maximum absolute atomic E-state index is 14.3. The van der Waals surface area contributed by atoms with Crippen molar-refractivity contribution in [1.82, 2.24) is 61.7 Å². The monoisotopic (exact) mass is 1810 g/mol. The van der Waals surface area contributed by atoms with Crippen molar-refractivity contribution < 1.29 is 57.3 Å². The molecule has 125 heavy (non-hydrogen) atoms. The van der Waals surface area contributed by atoms with Crippen molar-refractivity contribution in [2.45, 2.75) is 221 Å². The molecule has 2 aromatic carbocycles. The summed E-state index contributed by atoms with van der Waals surface area (Å²) in [5.74, 6) is 7.62. The molecular formula is C91H133N17O12S4Si. The number of nitrogens with two attached hydrogens (primary N) is 1. The molecule has 0 radical (unpaired) electrons. The van der Waals surface area contributed by atoms with Crippen molar-refractivity contribution in [2.24, 2.45) is 37.5 Å². The first-order valence-electron chi connectivity index (χ1n) is 45.2. The van der Waals surface area contributed by atoms with E-state index in [1.165, 1.54) is 60.3 Å². The van der Waals surface area contributed by atoms with Crippen LogP contribution in [0.5, 0.6) is 0 Å². The Morgan fingerprint density at radius 2 is 1.14 bits per heavy atom. The number of guanidine groups is 4. The number of likely N-dealkylation sites (tertiary alicyclic amines) is 1. The van der Waals surface area contributed by atoms with Gasteiger partial charge in [-0.25, -0.2) is 24.8 Å². The highest BCUT2D eigenvalue weighted by Gasteiger charge is 2.51. The molecule has 10 aliphatic heterocycles. The second-order valence-corrected chi connectivity index (χ2v) is 45.0. The fourth-order valence-electron chi connectivity index (χ4n) is 18.6. The lowest BCUT2D eigenvalue weighted by Gasteiger charge is -2.44. The number of hydrogen-bond donors (Lipinski definition) is 9. The second-order valence-electron chi connectivity index (χ2n) is 36.2. The number of benzene rings is 2. The number of ether oxygens (including phenoxy) is 3. The quantitative estimate of drug-likeness (QED) is 0.0125. The van der Waals surface area contributed by atoms with Gasteiger partial charge in [0.2, 0.25) is 29.3 Å². The Kier molecular flexibility index (Phi) is 34.1. The minimum Gasteiger partial charge on any atom is -0.439 e. The summed E-state index contributed by atoms with van der Waals surface area (Å²) >= 11 is 7.56. The van der Waals surface area contributed by atoms with Crippen molar-refractivity contribution in [1.29, 1.82) is 0 Å². The summed E-state index contributed by atoms with van der Waals surface area (Å²) in [4.78, 5) is 126. The van der Waals surface area contributed by atoms with Gasteiger partial charge in [0.25, 0.3) is 14.2 Å². The van der Waals surface area contributed by atoms with Gasteiger partial charge in [-0.2, -0.15) is 35.3 Å². The number of nitrogens with one attached hydrogen (secondary N) is 7. The van der Waals surface area contributed by atoms with Crippen molar-refractivity contribution in [3.8, 4) is 0 Å². The number of aliphatic imine (C=N–C) groups is 4. The Balaban J connectivity index is 0.492. The number of carbonyl (C=O) groups is 7. The molecule has 29 nitrogen and oxygen atoms in total. The number of imide groups is 1. The van der Waals surface area contributed by atoms with Crippen LogP contribution < -0.4 is 53.3 Å². The molecule has 10 heterocycles. The van der Waals surface area contributed by atoms with Crippen LogP contribution in [0.1, 0.15) is 138 Å². The first kappa shape index (κ1) is 94.8. The minimum absolute atomic E-state index is 0.0713. The molecule has 2 aromatic rings. The number of hydrogen-bond acceptors (Lipinski definition) is 29. The van der Waals surface area contributed by atoms with Gasteiger partial charge in [0.05, 0.1) is 59.6 Å². The first-order chi connectivity index (χ1) is 60.3. The van der Waals surface area contributed by atoms with Crippen molar-refractivity contribution >= 4 is 131 Å². The van der Waals surface area contributed by atoms with Gasteiger partial charge in [-0.1, -0.05) is 120 Å². The number of ketones is 2. The number of methoxy groups -OCH3 is 2. The molecule has 13 rings (SSSR count). The highest BCUT2D eigenvalue weighted by atomic mass is 32.2. The van der Waals surface area contributed by atoms with Gasteiger partial charge in [0, 0.05) is 187 Å². The fourth-order valence-corrected chi connectivity index (χ4v) is 28.0. The smallest absolute Gasteiger partial charge is 0.405 e. The van der Waals surface area contributed by atoms with Gasteiger partial charge in [-0.05, 0) is 118 Å². The van der Waals surface area contributed by atoms with Crippen LogP contribution in [-0.4, -0.2) is 314 Å². The Bertz CT molecular complexity index is 4360. The third kappa shape index (κ3) is 25.0. The Labute approximate surface area is 756 Å². The molecule has 2 bridgehead atoms. The molecule has 0 aromatic heterocycles. The summed E-state index contributed by atoms with van der Waals surface area (Å²) in [5, 5.41) is 37.6. The van der Waals surface area contributed by atoms with Crippen LogP contribution in [0.2, 0.25) is 5.04 Å². The number of allylic oxidation sites excluding steroid dienone is 4. The SMILES string of the molecule is CO[C@H]1C[C@H](C)CC2=C(NCCCNC(=O)CCCN3C(=O)CC(SC[C@H]4CCN5CC[C@H](CSC[C@H]6CCN7CC[C@H](CSC[C@H]8CCN9CC[C@H](CSC[C@H]%10CCN%11CC[C@H](CO[Si](c%12ccccc%12)(c%12ccccc%12)C(C)(C)C)N=C%11N%10)N=C9N8)N=C7N6)N=C5N4)C3=O)C(=O)C=C(NC(=O)/C(C)=C/C=C\[C@@H](OC)[C@@H](OC(N)=O)/C(C)=C/[C@H](C)[C@H]1O)C2=O. The van der Waals surface area contributed by atoms with Crippen LogP contribution >= 0.6 is 47.0 Å². The molecule has 1 aliphatic carbocycles. The summed E-state index contributed by atoms with van der Waals surface area (Å²) in [7, 11) is 0.246. The van der Waals surface area contributed by atoms with E-state index in [0.717, 1.165) is 168 Å². The number of aliphatic hydroxyl groups is 1. The molecule has 10 N–H and O–H groups in total. The lowest BCUT2D eigenvalue weighted by molar-refractivity contribution is -0.138. The number of nitrogens with zero attached hydrogens (tertiary/aromatic N) is 9. The molecule has 682 valence electrons. The number of aliphatic hydroxyl groups excluding tert-OH is 1. The Morgan fingerprint density at radius 3 is 1.65 bits per heavy atom. The molecule has 0 saturated carbocycles. The maximum atomic E-state index is 14.3. The van der Waals surface area contributed by atoms with E-state index >= 15 is 0 Å². The Hall–Kier alpha value is -7.83. The predicted octanol–water partition coefficient (Wildman–Crippen LogP) is 6.44. The summed E-state index contributed by atoms with van der Waals surface area (Å²) in [5.41, 5.74) is 6.23. The average molecular weight is 1810 g/mol. The van der Waals surface area contributed by atoms with Crippen LogP contribution in [0.25, 0.3) is 0 Å². The Morgan fingerprint density at radius 1 is 0.640 bits per heavy atom. The van der Waals surface area contributed by atoms with E-state index in [9.17, 15) is 38.7 Å². The molecule has 5 fully saturated rings. The average Bonchev–Trinajstić information content (AvgIpc) is 0.915. The third-order valence-electron chi connectivity index (χ3n) is 25.7. The largest absolute Gasteiger partial charge is 0.439 e. The van der Waals surface area contributed by atoms with E-state index in [0.29, 0.717) is 61.0 Å². The third-order valence-corrected chi connectivity index (χ3v) is 35.9. The maximum Gasteiger partial charge on any atom is 0.405 e. The molecule has 11 aliphatic rings. The number of primary amides is 1. The van der Waals surface area contributed by atoms with Crippen LogP contribution in [0.15, 0.2) is 139 Å². The first-order valence-corrected chi connectivity index (χ1v) is 51.6. The van der Waals surface area contributed by atoms with Crippen molar-refractivity contribution in [3.63, 3.8) is 0 Å². The highest BCUT2D eigenvalue weighted by Crippen LogP contribution is 2.39. The van der Waals surface area contributed by atoms with Gasteiger partial charge < -0.3 is 86.3 Å². The molecule has 5 amide bonds. The van der Waals surface area contributed by atoms with E-state index < -0.39 is 67.5 Å². The van der Waals surface area contributed by atoms with E-state index in [2.05, 4.69) is 138 Å². The van der Waals surface area contributed by atoms with Crippen LogP contribution in [0.3, 0.4) is 0 Å². The van der Waals surface area contributed by atoms with Crippen molar-refractivity contribution in [2.75, 3.05) is 133 Å². The van der Waals surface area contributed by atoms with Gasteiger partial charge in [0.15, 0.2) is 29.9 Å². The molecule has 0 spiro atoms. The molecule has 5 saturated heterocycles. The van der Waals surface area contributed by atoms with Crippen LogP contribution in [0.4, 0.5) is 4.79 Å². The van der Waals surface area contributed by atoms with E-state index in [-0.39, 0.29) is 115 Å². The zero-order valence-electron chi connectivity index (χ0n) is 74.3. The summed E-state index contributed by atoms with van der Waals surface area (Å²) in [6, 6.07) is 24.0. The summed E-state index contributed by atoms with van der Waals surface area (Å²) in [6.45, 7) is 23.2. The zero-order chi connectivity index (χ0) is 88.3. The second kappa shape index (κ2) is 44.9. The summed E-state index contributed by atoms with van der Waals surface area (Å²) in [6.07, 6.45) is 12.5. The standard InChI is InChI=1S/C91H133N17O12S4Si/c1-58-45-72-80(74(109)48-73(82(72)113)103-84(114)59(2)19-16-24-75(117-8)83(120-86(92)116)61(4)47-60(3)81(112)76(46-58)118-9)94-35-18-34-93-78(110)25-17-36-108-79(111)49-77(85(108)115)124-57-69-33-44-107-43-32-68(101-90(107)102-69)56-123-55-67-31-42-106-41-30-66(99-89(106)100-67)54-122-53-65-29-40-105-39-28-64(97-88(105)98-65)52-121-51-63-27-38-104-37-26-62(95-87(104)96-63)50-119-125(91(5,6)7,70-20-12-10-13-21-70)71-22-14-11-15-23-71/h10-16,19-24,47-48,58,60,62-69,75-77,81,83,94,112H,17-18,25-46,49-57H2,1-9H3,(H2,92,116)(H,93,110)(H,95,96)(H,97,98)(H,99,100)(H,101,102)(H,103,114)/b24-16-,59-19+,61-47+/t58-,60+,62-,63-,64-,65-,66-,67-,68-,69-,75-,76+,77?,81-,83+/m1/s1. The van der Waals surface area contributed by atoms with Crippen molar-refractivity contribution in [3.05, 3.63) is 119 Å². The molecule has 1 unspecified atom stereocenters. The van der Waals surface area contributed by atoms with E-state index in [1.807, 2.05) is 42.2 Å².